The Balaban J connectivity index is 0.000000445. The quantitative estimate of drug-likeness (QED) is 0.658. The van der Waals surface area contributed by atoms with Gasteiger partial charge in [0.2, 0.25) is 0 Å². The van der Waals surface area contributed by atoms with Crippen molar-refractivity contribution < 1.29 is 14.6 Å². The van der Waals surface area contributed by atoms with Crippen molar-refractivity contribution in [3.05, 3.63) is 71.3 Å². The highest BCUT2D eigenvalue weighted by atomic mass is 16.5. The minimum Gasteiger partial charge on any atom is -0.489 e. The van der Waals surface area contributed by atoms with Gasteiger partial charge in [-0.05, 0) is 55.9 Å². The third-order valence-corrected chi connectivity index (χ3v) is 4.19. The number of nitrogens with zero attached hydrogens (tertiary/aromatic N) is 1. The fourth-order valence-corrected chi connectivity index (χ4v) is 2.38. The summed E-state index contributed by atoms with van der Waals surface area (Å²) in [4.78, 5) is 13.1. The largest absolute Gasteiger partial charge is 0.489 e. The first kappa shape index (κ1) is 22.5. The van der Waals surface area contributed by atoms with Crippen LogP contribution >= 0.6 is 0 Å². The summed E-state index contributed by atoms with van der Waals surface area (Å²) in [6.45, 7) is 12.2. The van der Waals surface area contributed by atoms with E-state index in [1.807, 2.05) is 54.6 Å². The molecule has 1 N–H and O–H groups in total. The van der Waals surface area contributed by atoms with Gasteiger partial charge in [-0.25, -0.2) is 4.79 Å². The topological polar surface area (TPSA) is 49.8 Å². The number of hydrogen-bond donors (Lipinski definition) is 1. The summed E-state index contributed by atoms with van der Waals surface area (Å²) < 4.78 is 5.66. The van der Waals surface area contributed by atoms with E-state index in [2.05, 4.69) is 25.7 Å². The van der Waals surface area contributed by atoms with Crippen LogP contribution in [-0.2, 0) is 11.4 Å². The first-order valence-corrected chi connectivity index (χ1v) is 9.40. The number of benzene rings is 2. The lowest BCUT2D eigenvalue weighted by Gasteiger charge is -2.13. The van der Waals surface area contributed by atoms with Crippen molar-refractivity contribution in [3.63, 3.8) is 0 Å². The lowest BCUT2D eigenvalue weighted by atomic mass is 10.1. The average Bonchev–Trinajstić information content (AvgIpc) is 2.70. The van der Waals surface area contributed by atoms with Crippen LogP contribution in [0.15, 0.2) is 60.2 Å². The fourth-order valence-electron chi connectivity index (χ4n) is 2.38. The van der Waals surface area contributed by atoms with E-state index < -0.39 is 5.97 Å². The number of rotatable bonds is 8. The Morgan fingerprint density at radius 1 is 0.963 bits per heavy atom. The Bertz CT molecular complexity index is 684. The molecule has 0 unspecified atom stereocenters. The van der Waals surface area contributed by atoms with Gasteiger partial charge in [-0.3, -0.25) is 0 Å². The van der Waals surface area contributed by atoms with Crippen LogP contribution in [0.3, 0.4) is 0 Å². The third kappa shape index (κ3) is 9.06. The number of carbonyl (C=O) groups is 1. The molecule has 0 aliphatic carbocycles. The maximum Gasteiger partial charge on any atom is 0.331 e. The average molecular weight is 370 g/mol. The highest BCUT2D eigenvalue weighted by Crippen LogP contribution is 2.16. The van der Waals surface area contributed by atoms with E-state index in [9.17, 15) is 4.79 Å². The molecule has 0 heterocycles. The number of ether oxygens (including phenoxy) is 1. The molecule has 27 heavy (non-hydrogen) atoms. The van der Waals surface area contributed by atoms with Gasteiger partial charge in [-0.2, -0.15) is 0 Å². The van der Waals surface area contributed by atoms with E-state index in [4.69, 9.17) is 9.84 Å². The summed E-state index contributed by atoms with van der Waals surface area (Å²) in [5.74, 6) is -0.145. The third-order valence-electron chi connectivity index (χ3n) is 4.19. The molecular formula is C23H31NO3. The van der Waals surface area contributed by atoms with Crippen LogP contribution in [0.25, 0.3) is 6.08 Å². The van der Waals surface area contributed by atoms with Crippen molar-refractivity contribution in [2.75, 3.05) is 19.6 Å². The van der Waals surface area contributed by atoms with Crippen LogP contribution in [0, 0.1) is 0 Å². The molecule has 0 saturated carbocycles. The zero-order chi connectivity index (χ0) is 20.1. The van der Waals surface area contributed by atoms with E-state index in [1.54, 1.807) is 13.0 Å². The van der Waals surface area contributed by atoms with Gasteiger partial charge in [0.05, 0.1) is 0 Å². The molecule has 0 radical (unpaired) electrons. The molecule has 0 fully saturated rings. The SMILES string of the molecule is CC(=Cc1ccc(OCc2ccccc2)cc1)C(=O)O.CCN(CC)CC. The Kier molecular flexibility index (Phi) is 10.6. The summed E-state index contributed by atoms with van der Waals surface area (Å²) in [5.41, 5.74) is 2.26. The Morgan fingerprint density at radius 2 is 1.52 bits per heavy atom. The van der Waals surface area contributed by atoms with Crippen LogP contribution in [-0.4, -0.2) is 35.6 Å². The maximum absolute atomic E-state index is 10.7. The molecule has 4 nitrogen and oxygen atoms in total. The van der Waals surface area contributed by atoms with Gasteiger partial charge >= 0.3 is 5.97 Å². The molecule has 0 amide bonds. The lowest BCUT2D eigenvalue weighted by molar-refractivity contribution is -0.132. The molecule has 146 valence electrons. The van der Waals surface area contributed by atoms with Crippen LogP contribution in [0.1, 0.15) is 38.8 Å². The molecule has 2 aromatic carbocycles. The second-order valence-electron chi connectivity index (χ2n) is 6.10. The zero-order valence-electron chi connectivity index (χ0n) is 16.8. The van der Waals surface area contributed by atoms with Gasteiger partial charge < -0.3 is 14.7 Å². The molecule has 4 heteroatoms. The van der Waals surface area contributed by atoms with Gasteiger partial charge in [0, 0.05) is 5.57 Å². The van der Waals surface area contributed by atoms with Crippen molar-refractivity contribution in [1.82, 2.24) is 4.90 Å². The summed E-state index contributed by atoms with van der Waals surface area (Å²) in [6, 6.07) is 17.3. The molecule has 0 aliphatic rings. The number of carboxylic acid groups (broad SMARTS) is 1. The van der Waals surface area contributed by atoms with Gasteiger partial charge in [0.15, 0.2) is 0 Å². The molecule has 0 saturated heterocycles. The Hall–Kier alpha value is -2.59. The molecule has 0 aliphatic heterocycles. The minimum atomic E-state index is -0.908. The Morgan fingerprint density at radius 3 is 1.96 bits per heavy atom. The predicted molar refractivity (Wildman–Crippen MR) is 112 cm³/mol. The number of hydrogen-bond acceptors (Lipinski definition) is 3. The van der Waals surface area contributed by atoms with E-state index in [0.717, 1.165) is 16.9 Å². The minimum absolute atomic E-state index is 0.308. The summed E-state index contributed by atoms with van der Waals surface area (Å²) in [7, 11) is 0. The summed E-state index contributed by atoms with van der Waals surface area (Å²) in [5, 5.41) is 8.82. The molecule has 0 atom stereocenters. The summed E-state index contributed by atoms with van der Waals surface area (Å²) in [6.07, 6.45) is 1.63. The first-order valence-electron chi connectivity index (χ1n) is 9.40. The number of carboxylic acids is 1. The van der Waals surface area contributed by atoms with Gasteiger partial charge in [-0.1, -0.05) is 63.2 Å². The first-order chi connectivity index (χ1) is 13.0. The van der Waals surface area contributed by atoms with E-state index in [1.165, 1.54) is 19.6 Å². The van der Waals surface area contributed by atoms with Crippen LogP contribution in [0.4, 0.5) is 0 Å². The smallest absolute Gasteiger partial charge is 0.331 e. The van der Waals surface area contributed by atoms with Crippen LogP contribution in [0.5, 0.6) is 5.75 Å². The lowest BCUT2D eigenvalue weighted by Crippen LogP contribution is -2.21. The van der Waals surface area contributed by atoms with Crippen molar-refractivity contribution in [3.8, 4) is 5.75 Å². The monoisotopic (exact) mass is 369 g/mol. The molecule has 2 rings (SSSR count). The van der Waals surface area contributed by atoms with Gasteiger partial charge in [-0.15, -0.1) is 0 Å². The molecule has 2 aromatic rings. The zero-order valence-corrected chi connectivity index (χ0v) is 16.8. The van der Waals surface area contributed by atoms with Gasteiger partial charge in [0.25, 0.3) is 0 Å². The highest BCUT2D eigenvalue weighted by Gasteiger charge is 2.00. The standard InChI is InChI=1S/C17H16O3.C6H15N/c1-13(17(18)19)11-14-7-9-16(10-8-14)20-12-15-5-3-2-4-6-15;1-4-7(5-2)6-3/h2-11H,12H2,1H3,(H,18,19);4-6H2,1-3H3. The molecule has 0 spiro atoms. The molecular weight excluding hydrogens is 338 g/mol. The highest BCUT2D eigenvalue weighted by molar-refractivity contribution is 5.91. The van der Waals surface area contributed by atoms with Crippen molar-refractivity contribution in [2.24, 2.45) is 0 Å². The predicted octanol–water partition coefficient (Wildman–Crippen LogP) is 5.10. The number of aliphatic carboxylic acids is 1. The van der Waals surface area contributed by atoms with Crippen molar-refractivity contribution >= 4 is 12.0 Å². The van der Waals surface area contributed by atoms with Gasteiger partial charge in [0.1, 0.15) is 12.4 Å². The summed E-state index contributed by atoms with van der Waals surface area (Å²) >= 11 is 0. The Labute approximate surface area is 163 Å². The van der Waals surface area contributed by atoms with Crippen molar-refractivity contribution in [2.45, 2.75) is 34.3 Å². The fraction of sp³-hybridized carbons (Fsp3) is 0.348. The van der Waals surface area contributed by atoms with Crippen LogP contribution < -0.4 is 4.74 Å². The molecule has 0 bridgehead atoms. The van der Waals surface area contributed by atoms with E-state index >= 15 is 0 Å². The molecule has 0 aromatic heterocycles. The van der Waals surface area contributed by atoms with E-state index in [0.29, 0.717) is 12.2 Å². The maximum atomic E-state index is 10.7. The second-order valence-corrected chi connectivity index (χ2v) is 6.10. The van der Waals surface area contributed by atoms with E-state index in [-0.39, 0.29) is 0 Å². The van der Waals surface area contributed by atoms with Crippen LogP contribution in [0.2, 0.25) is 0 Å². The van der Waals surface area contributed by atoms with Crippen molar-refractivity contribution in [1.29, 1.82) is 0 Å². The normalized spacial score (nSPS) is 10.9. The second kappa shape index (κ2) is 12.7.